The van der Waals surface area contributed by atoms with Crippen LogP contribution >= 0.6 is 0 Å². The van der Waals surface area contributed by atoms with E-state index < -0.39 is 0 Å². The summed E-state index contributed by atoms with van der Waals surface area (Å²) in [4.78, 5) is 4.61. The van der Waals surface area contributed by atoms with E-state index in [1.54, 1.807) is 19.4 Å². The SMILES string of the molecule is CCc1cc(F)ccc1-c1ncc(OC)cc1Cc1cnn(CC)c1. The fourth-order valence-electron chi connectivity index (χ4n) is 2.95. The maximum absolute atomic E-state index is 13.6. The molecule has 25 heavy (non-hydrogen) atoms. The van der Waals surface area contributed by atoms with Gasteiger partial charge in [-0.25, -0.2) is 4.39 Å². The standard InChI is InChI=1S/C20H22FN3O/c1-4-15-9-17(21)6-7-19(15)20-16(10-18(25-3)12-22-20)8-14-11-23-24(5-2)13-14/h6-7,9-13H,4-5,8H2,1-3H3. The first-order chi connectivity index (χ1) is 12.1. The van der Waals surface area contributed by atoms with Crippen molar-refractivity contribution in [2.75, 3.05) is 7.11 Å². The Kier molecular flexibility index (Phi) is 5.12. The van der Waals surface area contributed by atoms with Gasteiger partial charge in [-0.1, -0.05) is 6.92 Å². The predicted octanol–water partition coefficient (Wildman–Crippen LogP) is 4.27. The van der Waals surface area contributed by atoms with E-state index in [0.717, 1.165) is 40.9 Å². The second-order valence-corrected chi connectivity index (χ2v) is 5.92. The highest BCUT2D eigenvalue weighted by atomic mass is 19.1. The lowest BCUT2D eigenvalue weighted by atomic mass is 9.96. The van der Waals surface area contributed by atoms with Gasteiger partial charge in [-0.2, -0.15) is 5.10 Å². The minimum Gasteiger partial charge on any atom is -0.495 e. The summed E-state index contributed by atoms with van der Waals surface area (Å²) in [5.41, 5.74) is 4.92. The zero-order chi connectivity index (χ0) is 17.8. The van der Waals surface area contributed by atoms with Crippen molar-refractivity contribution in [3.05, 3.63) is 65.4 Å². The third-order valence-electron chi connectivity index (χ3n) is 4.29. The fourth-order valence-corrected chi connectivity index (χ4v) is 2.95. The van der Waals surface area contributed by atoms with Gasteiger partial charge in [-0.15, -0.1) is 0 Å². The molecule has 0 amide bonds. The number of rotatable bonds is 6. The van der Waals surface area contributed by atoms with E-state index in [1.807, 2.05) is 36.1 Å². The van der Waals surface area contributed by atoms with Crippen molar-refractivity contribution in [2.45, 2.75) is 33.2 Å². The first kappa shape index (κ1) is 17.1. The molecule has 3 aromatic rings. The minimum absolute atomic E-state index is 0.222. The van der Waals surface area contributed by atoms with E-state index in [-0.39, 0.29) is 5.82 Å². The fraction of sp³-hybridized carbons (Fsp3) is 0.300. The summed E-state index contributed by atoms with van der Waals surface area (Å²) in [5, 5.41) is 4.34. The number of benzene rings is 1. The molecule has 5 heteroatoms. The van der Waals surface area contributed by atoms with Gasteiger partial charge in [0, 0.05) is 24.7 Å². The average Bonchev–Trinajstić information content (AvgIpc) is 3.09. The monoisotopic (exact) mass is 339 g/mol. The molecule has 0 saturated carbocycles. The Morgan fingerprint density at radius 3 is 2.64 bits per heavy atom. The van der Waals surface area contributed by atoms with Crippen molar-refractivity contribution < 1.29 is 9.13 Å². The van der Waals surface area contributed by atoms with E-state index in [9.17, 15) is 4.39 Å². The van der Waals surface area contributed by atoms with Gasteiger partial charge < -0.3 is 4.74 Å². The molecule has 1 aromatic carbocycles. The number of hydrogen-bond donors (Lipinski definition) is 0. The molecular weight excluding hydrogens is 317 g/mol. The van der Waals surface area contributed by atoms with Crippen LogP contribution in [0.3, 0.4) is 0 Å². The molecule has 3 rings (SSSR count). The predicted molar refractivity (Wildman–Crippen MR) is 96.3 cm³/mol. The summed E-state index contributed by atoms with van der Waals surface area (Å²) >= 11 is 0. The Morgan fingerprint density at radius 1 is 1.12 bits per heavy atom. The highest BCUT2D eigenvalue weighted by molar-refractivity contribution is 5.68. The van der Waals surface area contributed by atoms with Crippen LogP contribution in [0.25, 0.3) is 11.3 Å². The van der Waals surface area contributed by atoms with Crippen LogP contribution in [0.5, 0.6) is 5.75 Å². The lowest BCUT2D eigenvalue weighted by Gasteiger charge is -2.13. The summed E-state index contributed by atoms with van der Waals surface area (Å²) in [6.07, 6.45) is 7.05. The Bertz CT molecular complexity index is 873. The van der Waals surface area contributed by atoms with Crippen molar-refractivity contribution in [1.29, 1.82) is 0 Å². The third-order valence-corrected chi connectivity index (χ3v) is 4.29. The van der Waals surface area contributed by atoms with Gasteiger partial charge in [-0.3, -0.25) is 9.67 Å². The van der Waals surface area contributed by atoms with Crippen molar-refractivity contribution in [2.24, 2.45) is 0 Å². The van der Waals surface area contributed by atoms with Crippen LogP contribution in [0.4, 0.5) is 4.39 Å². The number of ether oxygens (including phenoxy) is 1. The lowest BCUT2D eigenvalue weighted by molar-refractivity contribution is 0.412. The van der Waals surface area contributed by atoms with Gasteiger partial charge >= 0.3 is 0 Å². The number of pyridine rings is 1. The Morgan fingerprint density at radius 2 is 1.96 bits per heavy atom. The molecule has 0 atom stereocenters. The molecule has 0 saturated heterocycles. The number of nitrogens with zero attached hydrogens (tertiary/aromatic N) is 3. The molecule has 0 fully saturated rings. The van der Waals surface area contributed by atoms with E-state index >= 15 is 0 Å². The topological polar surface area (TPSA) is 39.9 Å². The largest absolute Gasteiger partial charge is 0.495 e. The van der Waals surface area contributed by atoms with Gasteiger partial charge in [0.2, 0.25) is 0 Å². The maximum Gasteiger partial charge on any atom is 0.137 e. The zero-order valence-electron chi connectivity index (χ0n) is 14.8. The number of aryl methyl sites for hydroxylation is 2. The number of methoxy groups -OCH3 is 1. The molecule has 4 nitrogen and oxygen atoms in total. The average molecular weight is 339 g/mol. The molecule has 2 aromatic heterocycles. The van der Waals surface area contributed by atoms with Crippen molar-refractivity contribution >= 4 is 0 Å². The van der Waals surface area contributed by atoms with Crippen molar-refractivity contribution in [3.63, 3.8) is 0 Å². The molecule has 0 bridgehead atoms. The highest BCUT2D eigenvalue weighted by Gasteiger charge is 2.14. The summed E-state index contributed by atoms with van der Waals surface area (Å²) in [6, 6.07) is 6.87. The Hall–Kier alpha value is -2.69. The molecule has 0 aliphatic carbocycles. The first-order valence-corrected chi connectivity index (χ1v) is 8.47. The lowest BCUT2D eigenvalue weighted by Crippen LogP contribution is -1.99. The first-order valence-electron chi connectivity index (χ1n) is 8.47. The van der Waals surface area contributed by atoms with Gasteiger partial charge in [0.1, 0.15) is 11.6 Å². The molecule has 0 aliphatic rings. The second kappa shape index (κ2) is 7.47. The molecule has 0 radical (unpaired) electrons. The Labute approximate surface area is 147 Å². The van der Waals surface area contributed by atoms with Crippen molar-refractivity contribution in [1.82, 2.24) is 14.8 Å². The number of halogens is 1. The van der Waals surface area contributed by atoms with Crippen LogP contribution in [0.15, 0.2) is 42.9 Å². The zero-order valence-corrected chi connectivity index (χ0v) is 14.8. The van der Waals surface area contributed by atoms with Crippen LogP contribution < -0.4 is 4.74 Å². The quantitative estimate of drug-likeness (QED) is 0.673. The van der Waals surface area contributed by atoms with E-state index in [1.165, 1.54) is 6.07 Å². The molecule has 2 heterocycles. The minimum atomic E-state index is -0.222. The van der Waals surface area contributed by atoms with Crippen LogP contribution in [-0.2, 0) is 19.4 Å². The smallest absolute Gasteiger partial charge is 0.137 e. The van der Waals surface area contributed by atoms with E-state index in [4.69, 9.17) is 4.74 Å². The molecular formula is C20H22FN3O. The molecule has 0 aliphatic heterocycles. The van der Waals surface area contributed by atoms with Gasteiger partial charge in [0.15, 0.2) is 0 Å². The van der Waals surface area contributed by atoms with Crippen LogP contribution in [0.2, 0.25) is 0 Å². The van der Waals surface area contributed by atoms with Crippen molar-refractivity contribution in [3.8, 4) is 17.0 Å². The number of aromatic nitrogens is 3. The normalized spacial score (nSPS) is 10.9. The highest BCUT2D eigenvalue weighted by Crippen LogP contribution is 2.30. The summed E-state index contributed by atoms with van der Waals surface area (Å²) in [5.74, 6) is 0.488. The van der Waals surface area contributed by atoms with Gasteiger partial charge in [0.25, 0.3) is 0 Å². The second-order valence-electron chi connectivity index (χ2n) is 5.92. The summed E-state index contributed by atoms with van der Waals surface area (Å²) in [6.45, 7) is 4.91. The summed E-state index contributed by atoms with van der Waals surface area (Å²) < 4.78 is 20.8. The summed E-state index contributed by atoms with van der Waals surface area (Å²) in [7, 11) is 1.63. The molecule has 0 spiro atoms. The molecule has 0 unspecified atom stereocenters. The molecule has 0 N–H and O–H groups in total. The van der Waals surface area contributed by atoms with Crippen LogP contribution in [0, 0.1) is 5.82 Å². The Balaban J connectivity index is 2.07. The van der Waals surface area contributed by atoms with E-state index in [2.05, 4.69) is 17.0 Å². The van der Waals surface area contributed by atoms with Gasteiger partial charge in [0.05, 0.1) is 25.2 Å². The van der Waals surface area contributed by atoms with Crippen LogP contribution in [0.1, 0.15) is 30.5 Å². The molecule has 130 valence electrons. The van der Waals surface area contributed by atoms with Gasteiger partial charge in [-0.05, 0) is 54.3 Å². The number of hydrogen-bond acceptors (Lipinski definition) is 3. The van der Waals surface area contributed by atoms with E-state index in [0.29, 0.717) is 12.2 Å². The third kappa shape index (κ3) is 3.71. The van der Waals surface area contributed by atoms with Crippen LogP contribution in [-0.4, -0.2) is 21.9 Å². The maximum atomic E-state index is 13.6.